The van der Waals surface area contributed by atoms with Crippen LogP contribution < -0.4 is 35.5 Å². The zero-order chi connectivity index (χ0) is 44.8. The largest absolute Gasteiger partial charge is 0.483 e. The van der Waals surface area contributed by atoms with E-state index in [1.165, 1.54) is 6.20 Å². The lowest BCUT2D eigenvalue weighted by Gasteiger charge is -2.27. The molecule has 2 aromatic heterocycles. The van der Waals surface area contributed by atoms with Gasteiger partial charge in [-0.15, -0.1) is 0 Å². The van der Waals surface area contributed by atoms with Crippen LogP contribution in [-0.4, -0.2) is 104 Å². The summed E-state index contributed by atoms with van der Waals surface area (Å²) in [4.78, 5) is 98.9. The van der Waals surface area contributed by atoms with E-state index in [4.69, 9.17) is 8.92 Å². The zero-order valence-corrected chi connectivity index (χ0v) is 34.7. The Bertz CT molecular complexity index is 2780. The third-order valence-electron chi connectivity index (χ3n) is 10.0. The topological polar surface area (TPSA) is 261 Å². The minimum atomic E-state index is -4.08. The number of hydrogen-bond acceptors (Lipinski definition) is 14. The number of carbonyl (C=O) groups is 7. The number of piperidine rings is 1. The molecule has 0 aliphatic carbocycles. The minimum absolute atomic E-state index is 0.111. The lowest BCUT2D eigenvalue weighted by Crippen LogP contribution is -2.54. The summed E-state index contributed by atoms with van der Waals surface area (Å²) in [6.45, 7) is -0.169. The maximum atomic E-state index is 13.5. The number of amides is 7. The van der Waals surface area contributed by atoms with Crippen molar-refractivity contribution in [3.63, 3.8) is 0 Å². The molecule has 5 aromatic rings. The van der Waals surface area contributed by atoms with Crippen molar-refractivity contribution in [2.75, 3.05) is 38.3 Å². The molecule has 324 valence electrons. The minimum Gasteiger partial charge on any atom is -0.483 e. The molecule has 7 rings (SSSR count). The Morgan fingerprint density at radius 1 is 0.857 bits per heavy atom. The normalized spacial score (nSPS) is 14.8. The summed E-state index contributed by atoms with van der Waals surface area (Å²) < 4.78 is 34.3. The van der Waals surface area contributed by atoms with Gasteiger partial charge in [0.05, 0.1) is 34.2 Å². The van der Waals surface area contributed by atoms with Crippen molar-refractivity contribution in [1.82, 2.24) is 36.1 Å². The molecule has 3 aromatic carbocycles. The molecule has 0 saturated carbocycles. The van der Waals surface area contributed by atoms with Gasteiger partial charge in [-0.05, 0) is 61.2 Å². The predicted octanol–water partition coefficient (Wildman–Crippen LogP) is 2.84. The summed E-state index contributed by atoms with van der Waals surface area (Å²) in [5, 5.41) is 14.3. The van der Waals surface area contributed by atoms with E-state index in [-0.39, 0.29) is 60.2 Å². The Morgan fingerprint density at radius 3 is 2.30 bits per heavy atom. The van der Waals surface area contributed by atoms with Gasteiger partial charge in [-0.2, -0.15) is 8.42 Å². The van der Waals surface area contributed by atoms with Crippen LogP contribution in [0.15, 0.2) is 85.2 Å². The van der Waals surface area contributed by atoms with Gasteiger partial charge in [0.25, 0.3) is 29.5 Å². The lowest BCUT2D eigenvalue weighted by atomic mass is 10.0. The molecule has 1 unspecified atom stereocenters. The van der Waals surface area contributed by atoms with Gasteiger partial charge in [0.2, 0.25) is 11.8 Å². The number of carbonyl (C=O) groups excluding carboxylic acids is 7. The molecule has 1 saturated heterocycles. The molecule has 1 fully saturated rings. The first-order chi connectivity index (χ1) is 30.2. The smallest absolute Gasteiger partial charge is 0.306 e. The van der Waals surface area contributed by atoms with Gasteiger partial charge in [0, 0.05) is 61.7 Å². The van der Waals surface area contributed by atoms with E-state index >= 15 is 0 Å². The van der Waals surface area contributed by atoms with Crippen LogP contribution >= 0.6 is 0 Å². The van der Waals surface area contributed by atoms with Crippen LogP contribution in [0.25, 0.3) is 22.0 Å². The number of anilines is 2. The number of aromatic nitrogens is 2. The number of hydrogen-bond donors (Lipinski definition) is 5. The van der Waals surface area contributed by atoms with E-state index < -0.39 is 58.2 Å². The average molecular weight is 877 g/mol. The summed E-state index contributed by atoms with van der Waals surface area (Å²) in [5.74, 6) is -5.24. The van der Waals surface area contributed by atoms with Crippen molar-refractivity contribution in [3.05, 3.63) is 108 Å². The first-order valence-corrected chi connectivity index (χ1v) is 21.4. The summed E-state index contributed by atoms with van der Waals surface area (Å²) in [7, 11) is -2.53. The van der Waals surface area contributed by atoms with E-state index in [1.807, 2.05) is 48.5 Å². The highest BCUT2D eigenvalue weighted by atomic mass is 32.2. The number of fused-ring (bicyclic) bond motifs is 2. The van der Waals surface area contributed by atoms with Gasteiger partial charge in [-0.25, -0.2) is 0 Å². The molecule has 0 bridgehead atoms. The quantitative estimate of drug-likeness (QED) is 0.0543. The molecule has 2 aliphatic rings. The Hall–Kier alpha value is -7.74. The van der Waals surface area contributed by atoms with Crippen LogP contribution in [0.1, 0.15) is 67.2 Å². The highest BCUT2D eigenvalue weighted by Gasteiger charge is 2.46. The Kier molecular flexibility index (Phi) is 12.7. The molecule has 5 N–H and O–H groups in total. The number of imide groups is 2. The Labute approximate surface area is 360 Å². The van der Waals surface area contributed by atoms with Crippen molar-refractivity contribution in [2.45, 2.75) is 31.7 Å². The number of ether oxygens (including phenoxy) is 1. The maximum Gasteiger partial charge on any atom is 0.306 e. The number of para-hydroxylation sites is 1. The van der Waals surface area contributed by atoms with Crippen molar-refractivity contribution >= 4 is 73.7 Å². The number of benzene rings is 3. The van der Waals surface area contributed by atoms with Gasteiger partial charge in [-0.3, -0.25) is 53.7 Å². The first kappa shape index (κ1) is 43.4. The molecule has 19 nitrogen and oxygen atoms in total. The summed E-state index contributed by atoms with van der Waals surface area (Å²) in [5.41, 5.74) is 3.55. The van der Waals surface area contributed by atoms with Gasteiger partial charge in [0.15, 0.2) is 6.61 Å². The SMILES string of the molecule is CNC(=O)c1cnc2ccc(-c3ccc(C(=O)NCCCCNC(=O)COc4cc(OS(C)(=O)=O)cc5c4C(=O)N(C4CCC(=O)NC4=O)C5=O)nc3)cc2c1Nc1ccccc1. The van der Waals surface area contributed by atoms with Gasteiger partial charge < -0.3 is 30.2 Å². The number of nitrogens with zero attached hydrogens (tertiary/aromatic N) is 3. The molecule has 2 aliphatic heterocycles. The second kappa shape index (κ2) is 18.5. The maximum absolute atomic E-state index is 13.5. The van der Waals surface area contributed by atoms with Crippen LogP contribution in [-0.2, 0) is 24.5 Å². The highest BCUT2D eigenvalue weighted by molar-refractivity contribution is 7.86. The molecule has 0 spiro atoms. The van der Waals surface area contributed by atoms with Crippen molar-refractivity contribution in [1.29, 1.82) is 0 Å². The molecule has 63 heavy (non-hydrogen) atoms. The second-order valence-corrected chi connectivity index (χ2v) is 16.0. The second-order valence-electron chi connectivity index (χ2n) is 14.5. The van der Waals surface area contributed by atoms with E-state index in [1.54, 1.807) is 25.4 Å². The summed E-state index contributed by atoms with van der Waals surface area (Å²) >= 11 is 0. The molecule has 4 heterocycles. The van der Waals surface area contributed by atoms with Crippen LogP contribution in [0.5, 0.6) is 11.5 Å². The van der Waals surface area contributed by atoms with E-state index in [0.717, 1.165) is 35.2 Å². The first-order valence-electron chi connectivity index (χ1n) is 19.6. The highest BCUT2D eigenvalue weighted by Crippen LogP contribution is 2.38. The average Bonchev–Trinajstić information content (AvgIpc) is 3.51. The van der Waals surface area contributed by atoms with Crippen molar-refractivity contribution < 1.29 is 50.9 Å². The van der Waals surface area contributed by atoms with Gasteiger partial charge in [0.1, 0.15) is 23.2 Å². The van der Waals surface area contributed by atoms with Crippen LogP contribution in [0.2, 0.25) is 0 Å². The summed E-state index contributed by atoms with van der Waals surface area (Å²) in [6.07, 6.45) is 4.61. The molecule has 1 atom stereocenters. The van der Waals surface area contributed by atoms with Gasteiger partial charge in [-0.1, -0.05) is 30.3 Å². The van der Waals surface area contributed by atoms with Crippen LogP contribution in [0, 0.1) is 0 Å². The van der Waals surface area contributed by atoms with E-state index in [9.17, 15) is 42.0 Å². The fourth-order valence-corrected chi connectivity index (χ4v) is 7.46. The lowest BCUT2D eigenvalue weighted by molar-refractivity contribution is -0.136. The Balaban J connectivity index is 0.912. The van der Waals surface area contributed by atoms with Crippen LogP contribution in [0.3, 0.4) is 0 Å². The number of unbranched alkanes of at least 4 members (excludes halogenated alkanes) is 1. The molecule has 20 heteroatoms. The van der Waals surface area contributed by atoms with E-state index in [0.29, 0.717) is 39.9 Å². The zero-order valence-electron chi connectivity index (χ0n) is 33.9. The third-order valence-corrected chi connectivity index (χ3v) is 10.5. The molecule has 7 amide bonds. The van der Waals surface area contributed by atoms with E-state index in [2.05, 4.69) is 36.6 Å². The van der Waals surface area contributed by atoms with Gasteiger partial charge >= 0.3 is 10.1 Å². The third kappa shape index (κ3) is 9.91. The monoisotopic (exact) mass is 876 g/mol. The Morgan fingerprint density at radius 2 is 1.60 bits per heavy atom. The summed E-state index contributed by atoms with van der Waals surface area (Å²) in [6, 6.07) is 19.2. The van der Waals surface area contributed by atoms with Crippen molar-refractivity contribution in [2.24, 2.45) is 0 Å². The van der Waals surface area contributed by atoms with Crippen LogP contribution in [0.4, 0.5) is 11.4 Å². The molecule has 0 radical (unpaired) electrons. The predicted molar refractivity (Wildman–Crippen MR) is 227 cm³/mol. The standard InChI is InChI=1S/C43H40N8O11S/c1-44-39(54)30-22-48-31-12-10-24(18-28(31)38(30)49-26-8-4-3-5-9-26)25-11-13-32(47-21-25)40(55)46-17-7-6-16-45-36(53)23-61-34-20-27(62-63(2,59)60)19-29-37(34)43(58)51(42(29)57)33-14-15-35(52)50-41(33)56/h3-5,8-13,18-22,33H,6-7,14-17,23H2,1-2H3,(H,44,54)(H,45,53)(H,46,55)(H,48,49)(H,50,52,56). The number of pyridine rings is 2. The molecular formula is C43H40N8O11S. The van der Waals surface area contributed by atoms with Crippen molar-refractivity contribution in [3.8, 4) is 22.6 Å². The molecular weight excluding hydrogens is 837 g/mol. The number of rotatable bonds is 16. The number of nitrogens with one attached hydrogen (secondary N) is 5. The fraction of sp³-hybridized carbons (Fsp3) is 0.233. The fourth-order valence-electron chi connectivity index (χ4n) is 7.01.